The molecule has 1 aliphatic rings. The number of nitrogens with zero attached hydrogens (tertiary/aromatic N) is 3. The van der Waals surface area contributed by atoms with Gasteiger partial charge in [-0.15, -0.1) is 0 Å². The Hall–Kier alpha value is -3.16. The Balaban J connectivity index is 1.48. The van der Waals surface area contributed by atoms with Gasteiger partial charge in [-0.3, -0.25) is 0 Å². The van der Waals surface area contributed by atoms with Gasteiger partial charge in [-0.2, -0.15) is 5.10 Å². The van der Waals surface area contributed by atoms with Gasteiger partial charge in [0.15, 0.2) is 11.5 Å². The number of aromatic nitrogens is 2. The molecule has 0 radical (unpaired) electrons. The van der Waals surface area contributed by atoms with E-state index in [0.29, 0.717) is 35.7 Å². The third kappa shape index (κ3) is 4.19. The van der Waals surface area contributed by atoms with Crippen LogP contribution in [-0.4, -0.2) is 29.4 Å². The fourth-order valence-corrected chi connectivity index (χ4v) is 3.90. The maximum atomic E-state index is 6.22. The quantitative estimate of drug-likeness (QED) is 0.281. The maximum Gasteiger partial charge on any atom is 0.244 e. The SMILES string of the molecule is Clc1ccc2nc(NN=Cc3cc4c(cc3Br)OCCO4)nc(-c3ccccc3)c2c1. The minimum Gasteiger partial charge on any atom is -0.486 e. The van der Waals surface area contributed by atoms with Gasteiger partial charge in [-0.05, 0) is 46.3 Å². The Bertz CT molecular complexity index is 1300. The molecule has 31 heavy (non-hydrogen) atoms. The molecular formula is C23H16BrClN4O2. The number of halogens is 2. The number of ether oxygens (including phenoxy) is 2. The van der Waals surface area contributed by atoms with Crippen molar-refractivity contribution in [2.75, 3.05) is 18.6 Å². The highest BCUT2D eigenvalue weighted by molar-refractivity contribution is 9.10. The van der Waals surface area contributed by atoms with E-state index in [4.69, 9.17) is 21.1 Å². The first kappa shape index (κ1) is 19.8. The topological polar surface area (TPSA) is 68.6 Å². The zero-order valence-electron chi connectivity index (χ0n) is 16.2. The fourth-order valence-electron chi connectivity index (χ4n) is 3.30. The van der Waals surface area contributed by atoms with E-state index in [2.05, 4.69) is 36.4 Å². The number of hydrogen-bond donors (Lipinski definition) is 1. The van der Waals surface area contributed by atoms with Crippen LogP contribution >= 0.6 is 27.5 Å². The van der Waals surface area contributed by atoms with Crippen molar-refractivity contribution in [3.05, 3.63) is 75.7 Å². The van der Waals surface area contributed by atoms with E-state index >= 15 is 0 Å². The first-order valence-electron chi connectivity index (χ1n) is 9.58. The minimum absolute atomic E-state index is 0.388. The lowest BCUT2D eigenvalue weighted by atomic mass is 10.1. The summed E-state index contributed by atoms with van der Waals surface area (Å²) >= 11 is 9.76. The van der Waals surface area contributed by atoms with Gasteiger partial charge in [0.2, 0.25) is 5.95 Å². The van der Waals surface area contributed by atoms with Gasteiger partial charge in [-0.1, -0.05) is 41.9 Å². The molecule has 0 unspecified atom stereocenters. The second-order valence-corrected chi connectivity index (χ2v) is 8.10. The number of rotatable bonds is 4. The predicted molar refractivity (Wildman–Crippen MR) is 126 cm³/mol. The van der Waals surface area contributed by atoms with Gasteiger partial charge in [-0.25, -0.2) is 15.4 Å². The van der Waals surface area contributed by atoms with Crippen molar-refractivity contribution in [2.45, 2.75) is 0 Å². The lowest BCUT2D eigenvalue weighted by molar-refractivity contribution is 0.171. The van der Waals surface area contributed by atoms with Crippen molar-refractivity contribution in [2.24, 2.45) is 5.10 Å². The maximum absolute atomic E-state index is 6.22. The molecule has 6 nitrogen and oxygen atoms in total. The molecular weight excluding hydrogens is 480 g/mol. The van der Waals surface area contributed by atoms with Crippen LogP contribution in [0.3, 0.4) is 0 Å². The number of fused-ring (bicyclic) bond motifs is 2. The second kappa shape index (κ2) is 8.53. The number of benzene rings is 3. The van der Waals surface area contributed by atoms with Crippen LogP contribution in [0.15, 0.2) is 70.2 Å². The van der Waals surface area contributed by atoms with Crippen molar-refractivity contribution < 1.29 is 9.47 Å². The molecule has 5 rings (SSSR count). The Kier molecular flexibility index (Phi) is 5.44. The monoisotopic (exact) mass is 494 g/mol. The third-order valence-electron chi connectivity index (χ3n) is 4.73. The smallest absolute Gasteiger partial charge is 0.244 e. The number of hydrazone groups is 1. The van der Waals surface area contributed by atoms with Gasteiger partial charge in [0.1, 0.15) is 13.2 Å². The molecule has 1 aromatic heterocycles. The summed E-state index contributed by atoms with van der Waals surface area (Å²) in [6, 6.07) is 19.2. The van der Waals surface area contributed by atoms with E-state index in [0.717, 1.165) is 32.2 Å². The summed E-state index contributed by atoms with van der Waals surface area (Å²) in [5, 5.41) is 5.84. The molecule has 0 saturated heterocycles. The summed E-state index contributed by atoms with van der Waals surface area (Å²) in [7, 11) is 0. The molecule has 0 saturated carbocycles. The molecule has 3 aromatic carbocycles. The molecule has 1 N–H and O–H groups in total. The third-order valence-corrected chi connectivity index (χ3v) is 5.66. The van der Waals surface area contributed by atoms with Crippen molar-refractivity contribution in [3.63, 3.8) is 0 Å². The Labute approximate surface area is 192 Å². The highest BCUT2D eigenvalue weighted by Gasteiger charge is 2.14. The van der Waals surface area contributed by atoms with Gasteiger partial charge in [0, 0.05) is 26.0 Å². The minimum atomic E-state index is 0.388. The molecule has 1 aliphatic heterocycles. The molecule has 0 bridgehead atoms. The van der Waals surface area contributed by atoms with Crippen molar-refractivity contribution in [1.29, 1.82) is 0 Å². The summed E-state index contributed by atoms with van der Waals surface area (Å²) in [6.45, 7) is 1.07. The summed E-state index contributed by atoms with van der Waals surface area (Å²) in [4.78, 5) is 9.26. The van der Waals surface area contributed by atoms with Gasteiger partial charge < -0.3 is 9.47 Å². The Morgan fingerprint density at radius 3 is 2.55 bits per heavy atom. The molecule has 154 valence electrons. The Morgan fingerprint density at radius 2 is 1.74 bits per heavy atom. The summed E-state index contributed by atoms with van der Waals surface area (Å²) < 4.78 is 12.1. The van der Waals surface area contributed by atoms with Crippen molar-refractivity contribution in [3.8, 4) is 22.8 Å². The van der Waals surface area contributed by atoms with E-state index in [9.17, 15) is 0 Å². The zero-order chi connectivity index (χ0) is 21.2. The molecule has 4 aromatic rings. The highest BCUT2D eigenvalue weighted by Crippen LogP contribution is 2.35. The lowest BCUT2D eigenvalue weighted by Gasteiger charge is -2.19. The molecule has 0 atom stereocenters. The van der Waals surface area contributed by atoms with Crippen LogP contribution in [0.5, 0.6) is 11.5 Å². The molecule has 0 aliphatic carbocycles. The molecule has 0 spiro atoms. The van der Waals surface area contributed by atoms with Crippen LogP contribution < -0.4 is 14.9 Å². The molecule has 0 amide bonds. The summed E-state index contributed by atoms with van der Waals surface area (Å²) in [5.74, 6) is 1.80. The normalized spacial score (nSPS) is 13.0. The largest absolute Gasteiger partial charge is 0.486 e. The molecule has 0 fully saturated rings. The van der Waals surface area contributed by atoms with E-state index in [-0.39, 0.29) is 0 Å². The van der Waals surface area contributed by atoms with Crippen LogP contribution in [0, 0.1) is 0 Å². The molecule has 8 heteroatoms. The van der Waals surface area contributed by atoms with E-state index in [1.807, 2.05) is 60.7 Å². The zero-order valence-corrected chi connectivity index (χ0v) is 18.5. The van der Waals surface area contributed by atoms with Crippen LogP contribution in [0.1, 0.15) is 5.56 Å². The average Bonchev–Trinajstić information content (AvgIpc) is 2.79. The van der Waals surface area contributed by atoms with E-state index in [1.54, 1.807) is 6.21 Å². The number of hydrogen-bond acceptors (Lipinski definition) is 6. The standard InChI is InChI=1S/C23H16BrClN4O2/c24-18-12-21-20(30-8-9-31-21)10-15(18)13-26-29-23-27-19-7-6-16(25)11-17(19)22(28-23)14-4-2-1-3-5-14/h1-7,10-13H,8-9H2,(H,27,28,29). The van der Waals surface area contributed by atoms with Crippen molar-refractivity contribution in [1.82, 2.24) is 9.97 Å². The van der Waals surface area contributed by atoms with Gasteiger partial charge in [0.05, 0.1) is 17.4 Å². The van der Waals surface area contributed by atoms with Gasteiger partial charge >= 0.3 is 0 Å². The van der Waals surface area contributed by atoms with Crippen LogP contribution in [0.2, 0.25) is 5.02 Å². The lowest BCUT2D eigenvalue weighted by Crippen LogP contribution is -2.15. The van der Waals surface area contributed by atoms with E-state index < -0.39 is 0 Å². The Morgan fingerprint density at radius 1 is 0.968 bits per heavy atom. The first-order valence-corrected chi connectivity index (χ1v) is 10.8. The summed E-state index contributed by atoms with van der Waals surface area (Å²) in [5.41, 5.74) is 6.31. The van der Waals surface area contributed by atoms with Crippen LogP contribution in [-0.2, 0) is 0 Å². The van der Waals surface area contributed by atoms with Crippen molar-refractivity contribution >= 4 is 50.6 Å². The highest BCUT2D eigenvalue weighted by atomic mass is 79.9. The summed E-state index contributed by atoms with van der Waals surface area (Å²) in [6.07, 6.45) is 1.68. The number of nitrogens with one attached hydrogen (secondary N) is 1. The molecule has 2 heterocycles. The predicted octanol–water partition coefficient (Wildman–Crippen LogP) is 5.93. The fraction of sp³-hybridized carbons (Fsp3) is 0.0870. The average molecular weight is 496 g/mol. The number of anilines is 1. The van der Waals surface area contributed by atoms with Crippen LogP contribution in [0.25, 0.3) is 22.2 Å². The van der Waals surface area contributed by atoms with Crippen LogP contribution in [0.4, 0.5) is 5.95 Å². The van der Waals surface area contributed by atoms with E-state index in [1.165, 1.54) is 0 Å². The van der Waals surface area contributed by atoms with Gasteiger partial charge in [0.25, 0.3) is 0 Å². The first-order chi connectivity index (χ1) is 15.2. The second-order valence-electron chi connectivity index (χ2n) is 6.81.